The van der Waals surface area contributed by atoms with Gasteiger partial charge in [-0.2, -0.15) is 0 Å². The topological polar surface area (TPSA) is 0 Å². The Morgan fingerprint density at radius 2 is 0.593 bits per heavy atom. The summed E-state index contributed by atoms with van der Waals surface area (Å²) in [6.07, 6.45) is 32.5. The van der Waals surface area contributed by atoms with Crippen LogP contribution in [0.3, 0.4) is 0 Å². The first-order valence-electron chi connectivity index (χ1n) is 13.2. The number of hydrogen-bond donors (Lipinski definition) is 0. The van der Waals surface area contributed by atoms with E-state index in [0.29, 0.717) is 0 Å². The van der Waals surface area contributed by atoms with E-state index >= 15 is 0 Å². The molecular formula is C26H46P+. The van der Waals surface area contributed by atoms with Crippen LogP contribution in [0.1, 0.15) is 128 Å². The third-order valence-corrected chi connectivity index (χ3v) is 17.4. The minimum absolute atomic E-state index is 0.823. The summed E-state index contributed by atoms with van der Waals surface area (Å²) in [5.74, 6) is 2.25. The minimum atomic E-state index is -0.823. The molecule has 0 spiro atoms. The van der Waals surface area contributed by atoms with Crippen LogP contribution < -0.4 is 0 Å². The largest absolute Gasteiger partial charge is 0.0706 e. The van der Waals surface area contributed by atoms with Crippen LogP contribution in [-0.2, 0) is 0 Å². The Hall–Kier alpha value is 0.430. The molecule has 0 nitrogen and oxygen atoms in total. The van der Waals surface area contributed by atoms with E-state index in [9.17, 15) is 0 Å². The summed E-state index contributed by atoms with van der Waals surface area (Å²) in [5.41, 5.74) is 4.88. The molecule has 27 heavy (non-hydrogen) atoms. The Morgan fingerprint density at radius 3 is 0.963 bits per heavy atom. The summed E-state index contributed by atoms with van der Waals surface area (Å²) < 4.78 is 0. The lowest BCUT2D eigenvalue weighted by Crippen LogP contribution is -2.43. The van der Waals surface area contributed by atoms with Gasteiger partial charge >= 0.3 is 0 Å². The van der Waals surface area contributed by atoms with Crippen molar-refractivity contribution in [3.05, 3.63) is 0 Å². The van der Waals surface area contributed by atoms with Crippen molar-refractivity contribution in [2.24, 2.45) is 11.8 Å². The molecule has 4 aliphatic carbocycles. The fourth-order valence-corrected chi connectivity index (χ4v) is 17.6. The third-order valence-electron chi connectivity index (χ3n) is 10.3. The van der Waals surface area contributed by atoms with Crippen LogP contribution in [0.15, 0.2) is 0 Å². The van der Waals surface area contributed by atoms with Crippen molar-refractivity contribution in [2.45, 2.75) is 151 Å². The first-order chi connectivity index (χ1) is 13.4. The SMILES string of the molecule is C1CCC([P+]2(C3CCCCC3)C3CCC(CCC4CCC2CC4)CC3)CC1. The summed E-state index contributed by atoms with van der Waals surface area (Å²) in [6, 6.07) is 0. The minimum Gasteiger partial charge on any atom is -0.0530 e. The van der Waals surface area contributed by atoms with E-state index in [4.69, 9.17) is 0 Å². The normalized spacial score (nSPS) is 41.3. The van der Waals surface area contributed by atoms with Crippen molar-refractivity contribution in [1.82, 2.24) is 0 Å². The first kappa shape index (κ1) is 19.4. The molecule has 0 radical (unpaired) electrons. The summed E-state index contributed by atoms with van der Waals surface area (Å²) in [7, 11) is -0.823. The van der Waals surface area contributed by atoms with Gasteiger partial charge in [0, 0.05) is 7.26 Å². The van der Waals surface area contributed by atoms with Crippen molar-refractivity contribution in [2.75, 3.05) is 0 Å². The maximum absolute atomic E-state index is 1.67. The van der Waals surface area contributed by atoms with Crippen molar-refractivity contribution in [3.8, 4) is 0 Å². The highest BCUT2D eigenvalue weighted by atomic mass is 31.2. The van der Waals surface area contributed by atoms with E-state index < -0.39 is 7.26 Å². The molecule has 0 aromatic heterocycles. The van der Waals surface area contributed by atoms with E-state index in [2.05, 4.69) is 0 Å². The average molecular weight is 390 g/mol. The monoisotopic (exact) mass is 389 g/mol. The zero-order valence-electron chi connectivity index (χ0n) is 18.1. The highest BCUT2D eigenvalue weighted by Gasteiger charge is 2.61. The fraction of sp³-hybridized carbons (Fsp3) is 1.00. The van der Waals surface area contributed by atoms with Gasteiger partial charge in [0.1, 0.15) is 0 Å². The first-order valence-corrected chi connectivity index (χ1v) is 15.3. The van der Waals surface area contributed by atoms with Crippen LogP contribution in [-0.4, -0.2) is 22.6 Å². The van der Waals surface area contributed by atoms with E-state index in [1.807, 2.05) is 0 Å². The summed E-state index contributed by atoms with van der Waals surface area (Å²) in [4.78, 5) is 0. The molecule has 8 aliphatic rings. The van der Waals surface area contributed by atoms with Crippen molar-refractivity contribution >= 4 is 7.26 Å². The number of rotatable bonds is 2. The zero-order chi connectivity index (χ0) is 18.1. The molecule has 4 heterocycles. The van der Waals surface area contributed by atoms with Gasteiger partial charge in [-0.15, -0.1) is 0 Å². The molecule has 4 aliphatic heterocycles. The highest BCUT2D eigenvalue weighted by molar-refractivity contribution is 7.78. The quantitative estimate of drug-likeness (QED) is 0.415. The van der Waals surface area contributed by atoms with E-state index in [-0.39, 0.29) is 0 Å². The van der Waals surface area contributed by atoms with Gasteiger partial charge in [-0.05, 0) is 115 Å². The maximum atomic E-state index is 1.67. The van der Waals surface area contributed by atoms with E-state index in [1.165, 1.54) is 22.6 Å². The second-order valence-corrected chi connectivity index (χ2v) is 16.1. The Kier molecular flexibility index (Phi) is 6.22. The molecule has 4 saturated carbocycles. The second-order valence-electron chi connectivity index (χ2n) is 11.4. The molecule has 0 unspecified atom stereocenters. The van der Waals surface area contributed by atoms with Gasteiger partial charge in [-0.3, -0.25) is 0 Å². The van der Waals surface area contributed by atoms with E-state index in [1.54, 1.807) is 128 Å². The smallest absolute Gasteiger partial charge is 0.0530 e. The lowest BCUT2D eigenvalue weighted by Gasteiger charge is -2.54. The predicted octanol–water partition coefficient (Wildman–Crippen LogP) is 8.58. The zero-order valence-corrected chi connectivity index (χ0v) is 18.9. The van der Waals surface area contributed by atoms with Crippen molar-refractivity contribution in [1.29, 1.82) is 0 Å². The third kappa shape index (κ3) is 3.68. The van der Waals surface area contributed by atoms with Gasteiger partial charge in [0.2, 0.25) is 0 Å². The van der Waals surface area contributed by atoms with Crippen molar-refractivity contribution in [3.63, 3.8) is 0 Å². The molecule has 0 N–H and O–H groups in total. The Bertz CT molecular complexity index is 413. The molecule has 0 amide bonds. The summed E-state index contributed by atoms with van der Waals surface area (Å²) in [5, 5.41) is 0. The number of hydrogen-bond acceptors (Lipinski definition) is 0. The van der Waals surface area contributed by atoms with Gasteiger partial charge in [-0.1, -0.05) is 25.7 Å². The highest BCUT2D eigenvalue weighted by Crippen LogP contribution is 2.82. The van der Waals surface area contributed by atoms with Crippen LogP contribution >= 0.6 is 7.26 Å². The van der Waals surface area contributed by atoms with E-state index in [0.717, 1.165) is 11.8 Å². The molecule has 8 fully saturated rings. The van der Waals surface area contributed by atoms with Gasteiger partial charge < -0.3 is 0 Å². The summed E-state index contributed by atoms with van der Waals surface area (Å²) in [6.45, 7) is 0. The van der Waals surface area contributed by atoms with Gasteiger partial charge in [0.05, 0.1) is 22.6 Å². The molecule has 154 valence electrons. The predicted molar refractivity (Wildman–Crippen MR) is 121 cm³/mol. The standard InChI is InChI=1S/C26H46P/c1-3-7-23(8-4-1)27(24-9-5-2-6-10-24)25-17-13-21(14-18-25)11-12-22-15-19-26(27)20-16-22/h21-26H,1-20H2/q+1. The molecule has 4 bridgehead atoms. The average Bonchev–Trinajstić information content (AvgIpc) is 2.83. The van der Waals surface area contributed by atoms with Crippen LogP contribution in [0.2, 0.25) is 0 Å². The van der Waals surface area contributed by atoms with Crippen LogP contribution in [0.4, 0.5) is 0 Å². The van der Waals surface area contributed by atoms with Gasteiger partial charge in [-0.25, -0.2) is 0 Å². The lowest BCUT2D eigenvalue weighted by atomic mass is 9.80. The lowest BCUT2D eigenvalue weighted by molar-refractivity contribution is 0.285. The van der Waals surface area contributed by atoms with Crippen LogP contribution in [0.5, 0.6) is 0 Å². The van der Waals surface area contributed by atoms with Crippen LogP contribution in [0.25, 0.3) is 0 Å². The Labute approximate surface area is 170 Å². The summed E-state index contributed by atoms with van der Waals surface area (Å²) >= 11 is 0. The molecular weight excluding hydrogens is 343 g/mol. The van der Waals surface area contributed by atoms with Crippen LogP contribution in [0, 0.1) is 11.8 Å². The molecule has 0 aromatic rings. The van der Waals surface area contributed by atoms with Gasteiger partial charge in [0.25, 0.3) is 0 Å². The Balaban J connectivity index is 1.55. The second kappa shape index (κ2) is 8.66. The fourth-order valence-electron chi connectivity index (χ4n) is 9.08. The molecule has 0 atom stereocenters. The Morgan fingerprint density at radius 1 is 0.296 bits per heavy atom. The van der Waals surface area contributed by atoms with Crippen molar-refractivity contribution < 1.29 is 0 Å². The maximum Gasteiger partial charge on any atom is 0.0706 e. The van der Waals surface area contributed by atoms with Gasteiger partial charge in [0.15, 0.2) is 0 Å². The molecule has 4 saturated heterocycles. The molecule has 1 heteroatoms. The molecule has 0 aromatic carbocycles. The molecule has 8 rings (SSSR count).